The molecule has 20 heavy (non-hydrogen) atoms. The van der Waals surface area contributed by atoms with E-state index in [0.717, 1.165) is 38.8 Å². The number of hydrogen-bond acceptors (Lipinski definition) is 4. The quantitative estimate of drug-likeness (QED) is 0.800. The van der Waals surface area contributed by atoms with Crippen LogP contribution in [-0.2, 0) is 11.8 Å². The molecule has 0 atom stereocenters. The lowest BCUT2D eigenvalue weighted by Gasteiger charge is -2.43. The first-order valence-corrected chi connectivity index (χ1v) is 7.19. The summed E-state index contributed by atoms with van der Waals surface area (Å²) in [5.41, 5.74) is -0.380. The maximum Gasteiger partial charge on any atom is 0.266 e. The molecule has 2 aliphatic rings. The monoisotopic (exact) mass is 276 g/mol. The molecule has 2 saturated heterocycles. The second kappa shape index (κ2) is 5.01. The molecule has 108 valence electrons. The molecule has 2 fully saturated rings. The average Bonchev–Trinajstić information content (AvgIpc) is 2.46. The molecular weight excluding hydrogens is 256 g/mol. The Hall–Kier alpha value is -1.69. The van der Waals surface area contributed by atoms with Gasteiger partial charge in [0.25, 0.3) is 5.56 Å². The highest BCUT2D eigenvalue weighted by atomic mass is 16.2. The Morgan fingerprint density at radius 1 is 1.20 bits per heavy atom. The van der Waals surface area contributed by atoms with Crippen LogP contribution >= 0.6 is 0 Å². The second-order valence-electron chi connectivity index (χ2n) is 5.74. The van der Waals surface area contributed by atoms with Crippen molar-refractivity contribution in [3.8, 4) is 0 Å². The Morgan fingerprint density at radius 2 is 1.95 bits per heavy atom. The van der Waals surface area contributed by atoms with Crippen molar-refractivity contribution in [3.63, 3.8) is 0 Å². The third kappa shape index (κ3) is 2.14. The maximum atomic E-state index is 12.9. The van der Waals surface area contributed by atoms with Gasteiger partial charge in [0.2, 0.25) is 5.91 Å². The highest BCUT2D eigenvalue weighted by Gasteiger charge is 2.45. The molecule has 0 radical (unpaired) electrons. The van der Waals surface area contributed by atoms with Crippen LogP contribution in [0.4, 0.5) is 5.82 Å². The van der Waals surface area contributed by atoms with Crippen LogP contribution in [0.2, 0.25) is 0 Å². The predicted molar refractivity (Wildman–Crippen MR) is 75.6 cm³/mol. The van der Waals surface area contributed by atoms with Crippen LogP contribution < -0.4 is 15.8 Å². The van der Waals surface area contributed by atoms with Gasteiger partial charge in [0.1, 0.15) is 0 Å². The van der Waals surface area contributed by atoms with Gasteiger partial charge in [-0.2, -0.15) is 5.10 Å². The SMILES string of the molecule is Cn1nc(N2CCCC3(CCNCC3)C2=O)ccc1=O. The highest BCUT2D eigenvalue weighted by Crippen LogP contribution is 2.40. The Labute approximate surface area is 117 Å². The van der Waals surface area contributed by atoms with Gasteiger partial charge in [-0.1, -0.05) is 0 Å². The van der Waals surface area contributed by atoms with Crippen molar-refractivity contribution in [1.82, 2.24) is 15.1 Å². The third-order valence-electron chi connectivity index (χ3n) is 4.52. The number of aromatic nitrogens is 2. The van der Waals surface area contributed by atoms with Gasteiger partial charge in [-0.3, -0.25) is 14.5 Å². The Morgan fingerprint density at radius 3 is 2.65 bits per heavy atom. The van der Waals surface area contributed by atoms with Crippen molar-refractivity contribution in [2.24, 2.45) is 12.5 Å². The largest absolute Gasteiger partial charge is 0.317 e. The van der Waals surface area contributed by atoms with E-state index >= 15 is 0 Å². The van der Waals surface area contributed by atoms with Crippen LogP contribution in [0.1, 0.15) is 25.7 Å². The Balaban J connectivity index is 1.91. The summed E-state index contributed by atoms with van der Waals surface area (Å²) in [6, 6.07) is 3.12. The first-order chi connectivity index (χ1) is 9.62. The van der Waals surface area contributed by atoms with E-state index in [-0.39, 0.29) is 16.9 Å². The predicted octanol–water partition coefficient (Wildman–Crippen LogP) is 0.277. The fourth-order valence-electron chi connectivity index (χ4n) is 3.29. The highest BCUT2D eigenvalue weighted by molar-refractivity contribution is 5.97. The summed E-state index contributed by atoms with van der Waals surface area (Å²) in [7, 11) is 1.61. The van der Waals surface area contributed by atoms with E-state index in [2.05, 4.69) is 10.4 Å². The van der Waals surface area contributed by atoms with E-state index in [0.29, 0.717) is 12.4 Å². The normalized spacial score (nSPS) is 22.2. The van der Waals surface area contributed by atoms with Gasteiger partial charge in [-0.25, -0.2) is 4.68 Å². The lowest BCUT2D eigenvalue weighted by Crippen LogP contribution is -2.53. The first-order valence-electron chi connectivity index (χ1n) is 7.19. The summed E-state index contributed by atoms with van der Waals surface area (Å²) < 4.78 is 1.28. The molecule has 0 aliphatic carbocycles. The number of nitrogens with zero attached hydrogens (tertiary/aromatic N) is 3. The number of carbonyl (C=O) groups is 1. The Bertz CT molecular complexity index is 569. The van der Waals surface area contributed by atoms with Crippen molar-refractivity contribution < 1.29 is 4.79 Å². The van der Waals surface area contributed by atoms with E-state index in [1.807, 2.05) is 0 Å². The van der Waals surface area contributed by atoms with Crippen molar-refractivity contribution in [2.45, 2.75) is 25.7 Å². The van der Waals surface area contributed by atoms with E-state index in [1.54, 1.807) is 18.0 Å². The smallest absolute Gasteiger partial charge is 0.266 e. The van der Waals surface area contributed by atoms with E-state index in [4.69, 9.17) is 0 Å². The zero-order valence-electron chi connectivity index (χ0n) is 11.8. The maximum absolute atomic E-state index is 12.9. The molecule has 3 heterocycles. The fourth-order valence-corrected chi connectivity index (χ4v) is 3.29. The molecule has 3 rings (SSSR count). The number of hydrogen-bond donors (Lipinski definition) is 1. The number of amides is 1. The number of anilines is 1. The second-order valence-corrected chi connectivity index (χ2v) is 5.74. The molecule has 1 amide bonds. The minimum absolute atomic E-state index is 0.158. The zero-order chi connectivity index (χ0) is 14.2. The number of rotatable bonds is 1. The van der Waals surface area contributed by atoms with E-state index in [9.17, 15) is 9.59 Å². The summed E-state index contributed by atoms with van der Waals surface area (Å²) in [5, 5.41) is 7.53. The first kappa shape index (κ1) is 13.3. The minimum Gasteiger partial charge on any atom is -0.317 e. The molecule has 6 heteroatoms. The molecular formula is C14H20N4O2. The van der Waals surface area contributed by atoms with Gasteiger partial charge in [-0.15, -0.1) is 0 Å². The number of carbonyl (C=O) groups excluding carboxylic acids is 1. The molecule has 1 spiro atoms. The lowest BCUT2D eigenvalue weighted by atomic mass is 9.72. The number of nitrogens with one attached hydrogen (secondary N) is 1. The van der Waals surface area contributed by atoms with E-state index < -0.39 is 0 Å². The fraction of sp³-hybridized carbons (Fsp3) is 0.643. The van der Waals surface area contributed by atoms with Gasteiger partial charge >= 0.3 is 0 Å². The van der Waals surface area contributed by atoms with Gasteiger partial charge in [0.05, 0.1) is 5.41 Å². The standard InChI is InChI=1S/C14H20N4O2/c1-17-12(19)4-3-11(16-17)18-10-2-5-14(13(18)20)6-8-15-9-7-14/h3-4,15H,2,5-10H2,1H3. The molecule has 2 aliphatic heterocycles. The van der Waals surface area contributed by atoms with Gasteiger partial charge in [0, 0.05) is 19.7 Å². The Kier molecular flexibility index (Phi) is 3.33. The van der Waals surface area contributed by atoms with Crippen molar-refractivity contribution in [1.29, 1.82) is 0 Å². The molecule has 1 N–H and O–H groups in total. The van der Waals surface area contributed by atoms with Crippen molar-refractivity contribution in [2.75, 3.05) is 24.5 Å². The molecule has 1 aromatic heterocycles. The molecule has 0 bridgehead atoms. The van der Waals surface area contributed by atoms with E-state index in [1.165, 1.54) is 10.7 Å². The lowest BCUT2D eigenvalue weighted by molar-refractivity contribution is -0.132. The molecule has 0 aromatic carbocycles. The molecule has 6 nitrogen and oxygen atoms in total. The summed E-state index contributed by atoms with van der Waals surface area (Å²) in [6.07, 6.45) is 3.76. The molecule has 0 unspecified atom stereocenters. The minimum atomic E-state index is -0.222. The molecule has 0 saturated carbocycles. The summed E-state index contributed by atoms with van der Waals surface area (Å²) in [6.45, 7) is 2.50. The van der Waals surface area contributed by atoms with Gasteiger partial charge in [0.15, 0.2) is 5.82 Å². The topological polar surface area (TPSA) is 67.2 Å². The number of aryl methyl sites for hydroxylation is 1. The van der Waals surface area contributed by atoms with Gasteiger partial charge in [-0.05, 0) is 44.8 Å². The molecule has 1 aromatic rings. The van der Waals surface area contributed by atoms with Crippen LogP contribution in [0.25, 0.3) is 0 Å². The van der Waals surface area contributed by atoms with Crippen molar-refractivity contribution >= 4 is 11.7 Å². The summed E-state index contributed by atoms with van der Waals surface area (Å²) in [5.74, 6) is 0.770. The number of piperidine rings is 2. The van der Waals surface area contributed by atoms with Crippen LogP contribution in [0.15, 0.2) is 16.9 Å². The van der Waals surface area contributed by atoms with Crippen LogP contribution in [-0.4, -0.2) is 35.3 Å². The van der Waals surface area contributed by atoms with Crippen LogP contribution in [0.3, 0.4) is 0 Å². The van der Waals surface area contributed by atoms with Crippen molar-refractivity contribution in [3.05, 3.63) is 22.5 Å². The van der Waals surface area contributed by atoms with Crippen LogP contribution in [0.5, 0.6) is 0 Å². The van der Waals surface area contributed by atoms with Gasteiger partial charge < -0.3 is 5.32 Å². The summed E-state index contributed by atoms with van der Waals surface area (Å²) in [4.78, 5) is 26.0. The van der Waals surface area contributed by atoms with Crippen LogP contribution in [0, 0.1) is 5.41 Å². The third-order valence-corrected chi connectivity index (χ3v) is 4.52. The summed E-state index contributed by atoms with van der Waals surface area (Å²) >= 11 is 0. The average molecular weight is 276 g/mol. The zero-order valence-corrected chi connectivity index (χ0v) is 11.8.